The molecule has 2 rings (SSSR count). The summed E-state index contributed by atoms with van der Waals surface area (Å²) in [6.45, 7) is 5.22. The first-order valence-electron chi connectivity index (χ1n) is 7.11. The minimum Gasteiger partial charge on any atom is -0.452 e. The number of rotatable bonds is 4. The van der Waals surface area contributed by atoms with E-state index in [0.29, 0.717) is 5.56 Å². The molecular formula is C16H20O5. The maximum absolute atomic E-state index is 12.2. The Kier molecular flexibility index (Phi) is 4.96. The molecule has 0 amide bonds. The molecule has 0 radical (unpaired) electrons. The maximum Gasteiger partial charge on any atom is 0.338 e. The summed E-state index contributed by atoms with van der Waals surface area (Å²) in [7, 11) is 0. The van der Waals surface area contributed by atoms with E-state index in [1.807, 2.05) is 19.9 Å². The molecule has 1 heterocycles. The highest BCUT2D eigenvalue weighted by Crippen LogP contribution is 2.32. The van der Waals surface area contributed by atoms with Crippen molar-refractivity contribution in [3.63, 3.8) is 0 Å². The molecule has 5 heteroatoms. The third kappa shape index (κ3) is 3.61. The van der Waals surface area contributed by atoms with Crippen molar-refractivity contribution >= 4 is 11.9 Å². The molecule has 114 valence electrons. The van der Waals surface area contributed by atoms with Crippen LogP contribution >= 0.6 is 0 Å². The molecule has 1 saturated heterocycles. The van der Waals surface area contributed by atoms with Crippen molar-refractivity contribution in [2.75, 3.05) is 0 Å². The van der Waals surface area contributed by atoms with Crippen LogP contribution in [0.1, 0.15) is 37.6 Å². The lowest BCUT2D eigenvalue weighted by molar-refractivity contribution is -0.186. The zero-order valence-corrected chi connectivity index (χ0v) is 12.4. The summed E-state index contributed by atoms with van der Waals surface area (Å²) in [5.74, 6) is -0.929. The molecule has 0 aromatic heterocycles. The molecule has 1 fully saturated rings. The number of carbonyl (C=O) groups excluding carboxylic acids is 2. The lowest BCUT2D eigenvalue weighted by atomic mass is 9.99. The zero-order valence-electron chi connectivity index (χ0n) is 12.4. The fraction of sp³-hybridized carbons (Fsp3) is 0.500. The minimum atomic E-state index is -0.838. The molecule has 0 aliphatic carbocycles. The van der Waals surface area contributed by atoms with Crippen LogP contribution < -0.4 is 0 Å². The van der Waals surface area contributed by atoms with Gasteiger partial charge in [0.25, 0.3) is 0 Å². The molecule has 0 saturated carbocycles. The van der Waals surface area contributed by atoms with Gasteiger partial charge in [0.05, 0.1) is 11.7 Å². The largest absolute Gasteiger partial charge is 0.452 e. The Morgan fingerprint density at radius 1 is 1.19 bits per heavy atom. The Hall–Kier alpha value is -1.88. The van der Waals surface area contributed by atoms with E-state index in [-0.39, 0.29) is 12.0 Å². The molecule has 1 aromatic rings. The van der Waals surface area contributed by atoms with E-state index in [0.717, 1.165) is 6.42 Å². The Bertz CT molecular complexity index is 499. The van der Waals surface area contributed by atoms with Gasteiger partial charge in [-0.3, -0.25) is 4.79 Å². The van der Waals surface area contributed by atoms with E-state index in [4.69, 9.17) is 14.2 Å². The lowest BCUT2D eigenvalue weighted by Crippen LogP contribution is -2.34. The maximum atomic E-state index is 12.2. The monoisotopic (exact) mass is 292 g/mol. The number of carbonyl (C=O) groups is 2. The van der Waals surface area contributed by atoms with Crippen molar-refractivity contribution < 1.29 is 23.8 Å². The van der Waals surface area contributed by atoms with Crippen LogP contribution in [0.25, 0.3) is 0 Å². The van der Waals surface area contributed by atoms with Gasteiger partial charge >= 0.3 is 11.9 Å². The number of ether oxygens (including phenoxy) is 3. The summed E-state index contributed by atoms with van der Waals surface area (Å²) >= 11 is 0. The highest BCUT2D eigenvalue weighted by Gasteiger charge is 2.45. The predicted octanol–water partition coefficient (Wildman–Crippen LogP) is 2.55. The Balaban J connectivity index is 2.11. The van der Waals surface area contributed by atoms with Crippen molar-refractivity contribution in [2.24, 2.45) is 5.92 Å². The predicted molar refractivity (Wildman–Crippen MR) is 75.5 cm³/mol. The van der Waals surface area contributed by atoms with Crippen molar-refractivity contribution in [3.05, 3.63) is 35.9 Å². The second-order valence-electron chi connectivity index (χ2n) is 5.16. The average Bonchev–Trinajstić information content (AvgIpc) is 2.76. The van der Waals surface area contributed by atoms with Crippen LogP contribution in [0.5, 0.6) is 0 Å². The molecular weight excluding hydrogens is 272 g/mol. The first-order valence-corrected chi connectivity index (χ1v) is 7.11. The molecule has 0 bridgehead atoms. The molecule has 1 aliphatic heterocycles. The standard InChI is InChI=1S/C16H20O5/c1-4-13-10(2)14(16(20-13)19-11(3)17)21-15(18)12-8-6-5-7-9-12/h5-10,13-14,16H,4H2,1-3H3/t10-,13+,14?,16+/m0/s1. The van der Waals surface area contributed by atoms with Gasteiger partial charge in [0.2, 0.25) is 6.29 Å². The lowest BCUT2D eigenvalue weighted by Gasteiger charge is -2.21. The second kappa shape index (κ2) is 6.72. The van der Waals surface area contributed by atoms with Crippen molar-refractivity contribution in [1.82, 2.24) is 0 Å². The Labute approximate surface area is 124 Å². The van der Waals surface area contributed by atoms with Crippen LogP contribution in [0.15, 0.2) is 30.3 Å². The van der Waals surface area contributed by atoms with E-state index in [1.165, 1.54) is 6.92 Å². The van der Waals surface area contributed by atoms with Gasteiger partial charge in [0, 0.05) is 12.8 Å². The van der Waals surface area contributed by atoms with Gasteiger partial charge in [-0.1, -0.05) is 32.0 Å². The van der Waals surface area contributed by atoms with E-state index in [1.54, 1.807) is 24.3 Å². The van der Waals surface area contributed by atoms with Crippen molar-refractivity contribution in [3.8, 4) is 0 Å². The topological polar surface area (TPSA) is 61.8 Å². The molecule has 0 spiro atoms. The first-order chi connectivity index (χ1) is 10.0. The van der Waals surface area contributed by atoms with Gasteiger partial charge < -0.3 is 14.2 Å². The summed E-state index contributed by atoms with van der Waals surface area (Å²) < 4.78 is 16.3. The van der Waals surface area contributed by atoms with Gasteiger partial charge in [-0.15, -0.1) is 0 Å². The third-order valence-electron chi connectivity index (χ3n) is 3.62. The molecule has 0 N–H and O–H groups in total. The third-order valence-corrected chi connectivity index (χ3v) is 3.62. The second-order valence-corrected chi connectivity index (χ2v) is 5.16. The molecule has 1 unspecified atom stereocenters. The molecule has 21 heavy (non-hydrogen) atoms. The van der Waals surface area contributed by atoms with Gasteiger partial charge in [-0.05, 0) is 18.6 Å². The summed E-state index contributed by atoms with van der Waals surface area (Å²) in [5.41, 5.74) is 0.464. The fourth-order valence-corrected chi connectivity index (χ4v) is 2.49. The quantitative estimate of drug-likeness (QED) is 0.798. The smallest absolute Gasteiger partial charge is 0.338 e. The van der Waals surface area contributed by atoms with Crippen LogP contribution in [0.2, 0.25) is 0 Å². The van der Waals surface area contributed by atoms with Gasteiger partial charge in [0.1, 0.15) is 0 Å². The fourth-order valence-electron chi connectivity index (χ4n) is 2.49. The van der Waals surface area contributed by atoms with Crippen molar-refractivity contribution in [1.29, 1.82) is 0 Å². The zero-order chi connectivity index (χ0) is 15.4. The van der Waals surface area contributed by atoms with Crippen LogP contribution in [-0.2, 0) is 19.0 Å². The summed E-state index contributed by atoms with van der Waals surface area (Å²) in [6, 6.07) is 8.72. The van der Waals surface area contributed by atoms with Crippen LogP contribution in [-0.4, -0.2) is 30.4 Å². The summed E-state index contributed by atoms with van der Waals surface area (Å²) in [5, 5.41) is 0. The molecule has 5 nitrogen and oxygen atoms in total. The number of esters is 2. The SMILES string of the molecule is CC[C@H]1O[C@@H](OC(C)=O)C(OC(=O)c2ccccc2)[C@H]1C. The number of hydrogen-bond donors (Lipinski definition) is 0. The Morgan fingerprint density at radius 3 is 2.43 bits per heavy atom. The van der Waals surface area contributed by atoms with Crippen LogP contribution in [0.4, 0.5) is 0 Å². The normalized spacial score (nSPS) is 28.1. The highest BCUT2D eigenvalue weighted by atomic mass is 16.7. The van der Waals surface area contributed by atoms with Gasteiger partial charge in [0.15, 0.2) is 6.10 Å². The van der Waals surface area contributed by atoms with E-state index < -0.39 is 24.3 Å². The van der Waals surface area contributed by atoms with E-state index in [9.17, 15) is 9.59 Å². The Morgan fingerprint density at radius 2 is 1.86 bits per heavy atom. The average molecular weight is 292 g/mol. The van der Waals surface area contributed by atoms with Crippen LogP contribution in [0, 0.1) is 5.92 Å². The minimum absolute atomic E-state index is 0.0352. The summed E-state index contributed by atoms with van der Waals surface area (Å²) in [6.07, 6.45) is -0.761. The number of benzene rings is 1. The van der Waals surface area contributed by atoms with Crippen LogP contribution in [0.3, 0.4) is 0 Å². The van der Waals surface area contributed by atoms with Gasteiger partial charge in [-0.25, -0.2) is 4.79 Å². The highest BCUT2D eigenvalue weighted by molar-refractivity contribution is 5.89. The first kappa shape index (κ1) is 15.5. The van der Waals surface area contributed by atoms with Gasteiger partial charge in [-0.2, -0.15) is 0 Å². The molecule has 1 aromatic carbocycles. The van der Waals surface area contributed by atoms with E-state index >= 15 is 0 Å². The molecule has 4 atom stereocenters. The van der Waals surface area contributed by atoms with E-state index in [2.05, 4.69) is 0 Å². The van der Waals surface area contributed by atoms with Crippen molar-refractivity contribution in [2.45, 2.75) is 45.7 Å². The molecule has 1 aliphatic rings. The number of hydrogen-bond acceptors (Lipinski definition) is 5. The summed E-state index contributed by atoms with van der Waals surface area (Å²) in [4.78, 5) is 23.3.